The van der Waals surface area contributed by atoms with Crippen LogP contribution in [-0.4, -0.2) is 41.5 Å². The van der Waals surface area contributed by atoms with Gasteiger partial charge < -0.3 is 11.1 Å². The van der Waals surface area contributed by atoms with E-state index in [2.05, 4.69) is 22.1 Å². The van der Waals surface area contributed by atoms with E-state index in [1.165, 1.54) is 25.1 Å². The molecule has 2 rings (SSSR count). The van der Waals surface area contributed by atoms with Crippen LogP contribution in [0.5, 0.6) is 0 Å². The topological polar surface area (TPSA) is 71.2 Å². The van der Waals surface area contributed by atoms with Crippen LogP contribution in [-0.2, 0) is 0 Å². The zero-order valence-corrected chi connectivity index (χ0v) is 11.0. The molecule has 0 saturated heterocycles. The van der Waals surface area contributed by atoms with Crippen molar-refractivity contribution in [1.29, 1.82) is 0 Å². The molecule has 1 heterocycles. The summed E-state index contributed by atoms with van der Waals surface area (Å²) in [5, 5.41) is 2.71. The molecule has 1 aliphatic rings. The van der Waals surface area contributed by atoms with E-state index in [-0.39, 0.29) is 11.4 Å². The number of amides is 1. The van der Waals surface area contributed by atoms with Crippen LogP contribution in [0.25, 0.3) is 0 Å². The molecule has 1 saturated carbocycles. The summed E-state index contributed by atoms with van der Waals surface area (Å²) < 4.78 is 13.6. The van der Waals surface area contributed by atoms with Gasteiger partial charge in [-0.1, -0.05) is 6.92 Å². The number of halogens is 1. The smallest absolute Gasteiger partial charge is 0.254 e. The molecule has 1 aliphatic carbocycles. The molecule has 1 aromatic rings. The number of carbonyl (C=O) groups is 1. The van der Waals surface area contributed by atoms with E-state index in [1.807, 2.05) is 0 Å². The second-order valence-corrected chi connectivity index (χ2v) is 4.67. The molecule has 0 atom stereocenters. The molecule has 0 spiro atoms. The number of nitrogens with two attached hydrogens (primary N) is 1. The van der Waals surface area contributed by atoms with Gasteiger partial charge in [0.1, 0.15) is 0 Å². The minimum atomic E-state index is -0.755. The molecule has 6 heteroatoms. The van der Waals surface area contributed by atoms with Gasteiger partial charge in [0.15, 0.2) is 11.6 Å². The first-order chi connectivity index (χ1) is 9.13. The first-order valence-electron chi connectivity index (χ1n) is 6.55. The van der Waals surface area contributed by atoms with Crippen LogP contribution >= 0.6 is 0 Å². The molecule has 0 aromatic carbocycles. The van der Waals surface area contributed by atoms with Crippen molar-refractivity contribution in [2.75, 3.05) is 25.4 Å². The van der Waals surface area contributed by atoms with E-state index in [9.17, 15) is 9.18 Å². The minimum absolute atomic E-state index is 0.0537. The summed E-state index contributed by atoms with van der Waals surface area (Å²) >= 11 is 0. The van der Waals surface area contributed by atoms with E-state index in [1.54, 1.807) is 0 Å². The predicted molar refractivity (Wildman–Crippen MR) is 71.2 cm³/mol. The van der Waals surface area contributed by atoms with Crippen molar-refractivity contribution in [3.05, 3.63) is 23.6 Å². The maximum atomic E-state index is 13.6. The summed E-state index contributed by atoms with van der Waals surface area (Å²) in [5.41, 5.74) is 5.28. The van der Waals surface area contributed by atoms with Crippen LogP contribution in [0.2, 0.25) is 0 Å². The van der Waals surface area contributed by atoms with E-state index in [4.69, 9.17) is 5.73 Å². The summed E-state index contributed by atoms with van der Waals surface area (Å²) in [6.45, 7) is 4.36. The highest BCUT2D eigenvalue weighted by atomic mass is 19.1. The van der Waals surface area contributed by atoms with Crippen molar-refractivity contribution in [1.82, 2.24) is 15.2 Å². The standard InChI is InChI=1S/C13H19FN4O/c1-2-18(9-3-4-9)8-7-17-13(19)10-5-6-16-12(15)11(10)14/h5-6,9H,2-4,7-8H2,1H3,(H2,15,16)(H,17,19). The number of hydrogen-bond donors (Lipinski definition) is 2. The highest BCUT2D eigenvalue weighted by molar-refractivity contribution is 5.95. The molecule has 0 bridgehead atoms. The van der Waals surface area contributed by atoms with Gasteiger partial charge in [0.05, 0.1) is 5.56 Å². The molecule has 5 nitrogen and oxygen atoms in total. The average Bonchev–Trinajstić information content (AvgIpc) is 3.22. The Balaban J connectivity index is 1.85. The summed E-state index contributed by atoms with van der Waals surface area (Å²) in [7, 11) is 0. The molecule has 104 valence electrons. The van der Waals surface area contributed by atoms with Crippen LogP contribution in [0.1, 0.15) is 30.1 Å². The fourth-order valence-corrected chi connectivity index (χ4v) is 2.08. The minimum Gasteiger partial charge on any atom is -0.381 e. The normalized spacial score (nSPS) is 14.7. The second kappa shape index (κ2) is 5.97. The first-order valence-corrected chi connectivity index (χ1v) is 6.55. The number of likely N-dealkylation sites (N-methyl/N-ethyl adjacent to an activating group) is 1. The summed E-state index contributed by atoms with van der Waals surface area (Å²) in [6.07, 6.45) is 3.80. The molecule has 1 amide bonds. The summed E-state index contributed by atoms with van der Waals surface area (Å²) in [4.78, 5) is 17.7. The number of anilines is 1. The maximum Gasteiger partial charge on any atom is 0.254 e. The van der Waals surface area contributed by atoms with Gasteiger partial charge >= 0.3 is 0 Å². The van der Waals surface area contributed by atoms with Crippen LogP contribution in [0.3, 0.4) is 0 Å². The monoisotopic (exact) mass is 266 g/mol. The number of nitrogens with one attached hydrogen (secondary N) is 1. The van der Waals surface area contributed by atoms with Crippen molar-refractivity contribution in [2.24, 2.45) is 0 Å². The van der Waals surface area contributed by atoms with E-state index in [0.717, 1.165) is 13.1 Å². The van der Waals surface area contributed by atoms with Crippen molar-refractivity contribution in [3.63, 3.8) is 0 Å². The molecule has 1 fully saturated rings. The molecule has 0 unspecified atom stereocenters. The third kappa shape index (κ3) is 3.41. The lowest BCUT2D eigenvalue weighted by Gasteiger charge is -2.19. The van der Waals surface area contributed by atoms with Gasteiger partial charge in [-0.3, -0.25) is 9.69 Å². The van der Waals surface area contributed by atoms with Crippen LogP contribution in [0.4, 0.5) is 10.2 Å². The number of pyridine rings is 1. The largest absolute Gasteiger partial charge is 0.381 e. The van der Waals surface area contributed by atoms with Crippen molar-refractivity contribution in [3.8, 4) is 0 Å². The Hall–Kier alpha value is -1.69. The van der Waals surface area contributed by atoms with E-state index < -0.39 is 11.7 Å². The summed E-state index contributed by atoms with van der Waals surface area (Å²) in [5.74, 6) is -1.45. The van der Waals surface area contributed by atoms with Gasteiger partial charge in [-0.2, -0.15) is 0 Å². The fraction of sp³-hybridized carbons (Fsp3) is 0.538. The first kappa shape index (κ1) is 13.7. The zero-order chi connectivity index (χ0) is 13.8. The Morgan fingerprint density at radius 2 is 2.37 bits per heavy atom. The molecular weight excluding hydrogens is 247 g/mol. The molecule has 19 heavy (non-hydrogen) atoms. The van der Waals surface area contributed by atoms with Crippen LogP contribution < -0.4 is 11.1 Å². The van der Waals surface area contributed by atoms with Crippen LogP contribution in [0, 0.1) is 5.82 Å². The second-order valence-electron chi connectivity index (χ2n) is 4.67. The van der Waals surface area contributed by atoms with E-state index in [0.29, 0.717) is 12.6 Å². The molecular formula is C13H19FN4O. The number of hydrogen-bond acceptors (Lipinski definition) is 4. The lowest BCUT2D eigenvalue weighted by atomic mass is 10.2. The van der Waals surface area contributed by atoms with Gasteiger partial charge in [-0.15, -0.1) is 0 Å². The average molecular weight is 266 g/mol. The molecule has 0 aliphatic heterocycles. The van der Waals surface area contributed by atoms with Gasteiger partial charge in [-0.25, -0.2) is 9.37 Å². The Labute approximate surface area is 112 Å². The molecule has 1 aromatic heterocycles. The van der Waals surface area contributed by atoms with Crippen molar-refractivity contribution in [2.45, 2.75) is 25.8 Å². The Kier molecular flexibility index (Phi) is 4.31. The quantitative estimate of drug-likeness (QED) is 0.806. The number of nitrogen functional groups attached to an aromatic ring is 1. The number of rotatable bonds is 6. The van der Waals surface area contributed by atoms with E-state index >= 15 is 0 Å². The molecule has 3 N–H and O–H groups in total. The number of carbonyl (C=O) groups excluding carboxylic acids is 1. The highest BCUT2D eigenvalue weighted by Crippen LogP contribution is 2.25. The zero-order valence-electron chi connectivity index (χ0n) is 11.0. The predicted octanol–water partition coefficient (Wildman–Crippen LogP) is 1.02. The lowest BCUT2D eigenvalue weighted by Crippen LogP contribution is -2.36. The highest BCUT2D eigenvalue weighted by Gasteiger charge is 2.27. The van der Waals surface area contributed by atoms with Gasteiger partial charge in [0, 0.05) is 25.3 Å². The number of nitrogens with zero attached hydrogens (tertiary/aromatic N) is 2. The number of aromatic nitrogens is 1. The Morgan fingerprint density at radius 3 is 3.00 bits per heavy atom. The van der Waals surface area contributed by atoms with Crippen molar-refractivity contribution < 1.29 is 9.18 Å². The van der Waals surface area contributed by atoms with Gasteiger partial charge in [0.25, 0.3) is 5.91 Å². The van der Waals surface area contributed by atoms with Gasteiger partial charge in [-0.05, 0) is 25.5 Å². The third-order valence-electron chi connectivity index (χ3n) is 3.31. The maximum absolute atomic E-state index is 13.6. The van der Waals surface area contributed by atoms with Gasteiger partial charge in [0.2, 0.25) is 0 Å². The Bertz CT molecular complexity index is 462. The molecule has 0 radical (unpaired) electrons. The summed E-state index contributed by atoms with van der Waals surface area (Å²) in [6, 6.07) is 2.00. The third-order valence-corrected chi connectivity index (χ3v) is 3.31. The fourth-order valence-electron chi connectivity index (χ4n) is 2.08. The lowest BCUT2D eigenvalue weighted by molar-refractivity contribution is 0.0944. The van der Waals surface area contributed by atoms with Crippen molar-refractivity contribution >= 4 is 11.7 Å². The SMILES string of the molecule is CCN(CCNC(=O)c1ccnc(N)c1F)C1CC1. The van der Waals surface area contributed by atoms with Crippen LogP contribution in [0.15, 0.2) is 12.3 Å². The Morgan fingerprint density at radius 1 is 1.63 bits per heavy atom.